The van der Waals surface area contributed by atoms with Crippen molar-refractivity contribution in [3.8, 4) is 0 Å². The summed E-state index contributed by atoms with van der Waals surface area (Å²) in [4.78, 5) is 14.4. The van der Waals surface area contributed by atoms with Crippen molar-refractivity contribution in [3.63, 3.8) is 0 Å². The summed E-state index contributed by atoms with van der Waals surface area (Å²) < 4.78 is 24.5. The molecule has 2 heterocycles. The number of morpholine rings is 1. The zero-order chi connectivity index (χ0) is 22.6. The summed E-state index contributed by atoms with van der Waals surface area (Å²) in [6.07, 6.45) is 1.92. The summed E-state index contributed by atoms with van der Waals surface area (Å²) in [5.41, 5.74) is 2.01. The maximum Gasteiger partial charge on any atom is 0.495 e. The number of hydrogen-bond acceptors (Lipinski definition) is 5. The highest BCUT2D eigenvalue weighted by atomic mass is 16.7. The van der Waals surface area contributed by atoms with Crippen molar-refractivity contribution in [1.29, 1.82) is 0 Å². The van der Waals surface area contributed by atoms with Crippen LogP contribution in [0.2, 0.25) is 0 Å². The van der Waals surface area contributed by atoms with Gasteiger partial charge in [0.2, 0.25) is 0 Å². The van der Waals surface area contributed by atoms with Gasteiger partial charge in [0, 0.05) is 6.54 Å². The number of ether oxygens (including phenoxy) is 2. The topological polar surface area (TPSA) is 57.2 Å². The van der Waals surface area contributed by atoms with Gasteiger partial charge >= 0.3 is 13.2 Å². The Morgan fingerprint density at radius 3 is 2.35 bits per heavy atom. The lowest BCUT2D eigenvalue weighted by Crippen LogP contribution is -2.46. The molecule has 1 amide bonds. The van der Waals surface area contributed by atoms with Crippen molar-refractivity contribution < 1.29 is 23.6 Å². The molecule has 1 aromatic rings. The van der Waals surface area contributed by atoms with Crippen molar-refractivity contribution in [2.24, 2.45) is 0 Å². The highest BCUT2D eigenvalue weighted by molar-refractivity contribution is 6.62. The SMILES string of the molecule is CC(C)(C)OC(=O)N1CCOC(c2ccc(C3CC3)cc2B2OC(C)(C)C(C)(C)O2)C1. The van der Waals surface area contributed by atoms with Gasteiger partial charge in [-0.15, -0.1) is 0 Å². The predicted octanol–water partition coefficient (Wildman–Crippen LogP) is 4.17. The number of hydrogen-bond donors (Lipinski definition) is 0. The van der Waals surface area contributed by atoms with Crippen LogP contribution < -0.4 is 5.46 Å². The van der Waals surface area contributed by atoms with Crippen LogP contribution in [0.15, 0.2) is 18.2 Å². The van der Waals surface area contributed by atoms with Gasteiger partial charge in [-0.2, -0.15) is 0 Å². The lowest BCUT2D eigenvalue weighted by Gasteiger charge is -2.35. The van der Waals surface area contributed by atoms with Gasteiger partial charge in [0.1, 0.15) is 5.60 Å². The van der Waals surface area contributed by atoms with Gasteiger partial charge in [0.05, 0.1) is 30.5 Å². The zero-order valence-corrected chi connectivity index (χ0v) is 20.0. The van der Waals surface area contributed by atoms with Gasteiger partial charge < -0.3 is 23.7 Å². The molecular formula is C24H36BNO5. The molecule has 0 bridgehead atoms. The number of carbonyl (C=O) groups excluding carboxylic acids is 1. The second kappa shape index (κ2) is 7.78. The van der Waals surface area contributed by atoms with E-state index in [4.69, 9.17) is 18.8 Å². The average molecular weight is 429 g/mol. The Morgan fingerprint density at radius 2 is 1.77 bits per heavy atom. The second-order valence-electron chi connectivity index (χ2n) is 11.0. The normalized spacial score (nSPS) is 25.6. The molecule has 0 N–H and O–H groups in total. The van der Waals surface area contributed by atoms with Crippen LogP contribution in [0.5, 0.6) is 0 Å². The van der Waals surface area contributed by atoms with Crippen LogP contribution >= 0.6 is 0 Å². The Balaban J connectivity index is 1.61. The minimum absolute atomic E-state index is 0.247. The Morgan fingerprint density at radius 1 is 1.13 bits per heavy atom. The Kier molecular flexibility index (Phi) is 5.68. The predicted molar refractivity (Wildman–Crippen MR) is 121 cm³/mol. The molecule has 1 saturated carbocycles. The molecule has 170 valence electrons. The van der Waals surface area contributed by atoms with Crippen LogP contribution in [0.1, 0.15) is 84.5 Å². The fourth-order valence-electron chi connectivity index (χ4n) is 4.06. The summed E-state index contributed by atoms with van der Waals surface area (Å²) in [6, 6.07) is 6.56. The van der Waals surface area contributed by atoms with E-state index in [9.17, 15) is 4.79 Å². The molecule has 7 heteroatoms. The van der Waals surface area contributed by atoms with E-state index in [0.29, 0.717) is 25.6 Å². The first-order valence-electron chi connectivity index (χ1n) is 11.5. The maximum absolute atomic E-state index is 12.7. The summed E-state index contributed by atoms with van der Waals surface area (Å²) in [7, 11) is -0.459. The molecule has 3 aliphatic rings. The summed E-state index contributed by atoms with van der Waals surface area (Å²) in [6.45, 7) is 15.4. The fourth-order valence-corrected chi connectivity index (χ4v) is 4.06. The van der Waals surface area contributed by atoms with Crippen LogP contribution in [0.25, 0.3) is 0 Å². The molecule has 2 aliphatic heterocycles. The van der Waals surface area contributed by atoms with Crippen molar-refractivity contribution >= 4 is 18.7 Å². The Bertz CT molecular complexity index is 827. The van der Waals surface area contributed by atoms with E-state index in [1.54, 1.807) is 4.90 Å². The van der Waals surface area contributed by atoms with Crippen LogP contribution in [-0.2, 0) is 18.8 Å². The number of rotatable bonds is 3. The minimum atomic E-state index is -0.523. The highest BCUT2D eigenvalue weighted by Crippen LogP contribution is 2.41. The average Bonchev–Trinajstić information content (AvgIpc) is 3.47. The van der Waals surface area contributed by atoms with Crippen molar-refractivity contribution in [3.05, 3.63) is 29.3 Å². The monoisotopic (exact) mass is 429 g/mol. The Hall–Kier alpha value is -1.57. The highest BCUT2D eigenvalue weighted by Gasteiger charge is 2.52. The lowest BCUT2D eigenvalue weighted by molar-refractivity contribution is -0.0430. The molecule has 3 fully saturated rings. The number of amides is 1. The molecule has 0 radical (unpaired) electrons. The number of carbonyl (C=O) groups is 1. The van der Waals surface area contributed by atoms with Crippen molar-refractivity contribution in [1.82, 2.24) is 4.90 Å². The number of benzene rings is 1. The summed E-state index contributed by atoms with van der Waals surface area (Å²) in [5, 5.41) is 0. The van der Waals surface area contributed by atoms with E-state index in [1.165, 1.54) is 18.4 Å². The third kappa shape index (κ3) is 4.79. The van der Waals surface area contributed by atoms with E-state index in [0.717, 1.165) is 11.0 Å². The van der Waals surface area contributed by atoms with Gasteiger partial charge in [-0.25, -0.2) is 4.79 Å². The van der Waals surface area contributed by atoms with Gasteiger partial charge in [-0.1, -0.05) is 18.2 Å². The molecule has 1 aliphatic carbocycles. The van der Waals surface area contributed by atoms with Crippen molar-refractivity contribution in [2.75, 3.05) is 19.7 Å². The molecule has 1 aromatic carbocycles. The first kappa shape index (κ1) is 22.6. The third-order valence-corrected chi connectivity index (χ3v) is 6.73. The first-order valence-corrected chi connectivity index (χ1v) is 11.5. The van der Waals surface area contributed by atoms with Gasteiger partial charge in [0.15, 0.2) is 0 Å². The molecule has 0 aromatic heterocycles. The molecule has 4 rings (SSSR count). The molecule has 2 saturated heterocycles. The summed E-state index contributed by atoms with van der Waals surface area (Å²) >= 11 is 0. The maximum atomic E-state index is 12.7. The fraction of sp³-hybridized carbons (Fsp3) is 0.708. The zero-order valence-electron chi connectivity index (χ0n) is 20.0. The minimum Gasteiger partial charge on any atom is -0.444 e. The smallest absolute Gasteiger partial charge is 0.444 e. The standard InChI is InChI=1S/C24H36BNO5/c1-22(2,3)29-21(27)26-12-13-28-20(15-26)18-11-10-17(16-8-9-16)14-19(18)25-30-23(4,5)24(6,7)31-25/h10-11,14,16,20H,8-9,12-13,15H2,1-7H3. The van der Waals surface area contributed by atoms with Crippen LogP contribution in [0, 0.1) is 0 Å². The van der Waals surface area contributed by atoms with Crippen LogP contribution in [-0.4, -0.2) is 54.6 Å². The molecule has 1 atom stereocenters. The van der Waals surface area contributed by atoms with E-state index in [-0.39, 0.29) is 12.2 Å². The van der Waals surface area contributed by atoms with E-state index in [1.807, 2.05) is 20.8 Å². The lowest BCUT2D eigenvalue weighted by atomic mass is 9.73. The van der Waals surface area contributed by atoms with E-state index < -0.39 is 23.9 Å². The van der Waals surface area contributed by atoms with Crippen LogP contribution in [0.3, 0.4) is 0 Å². The second-order valence-corrected chi connectivity index (χ2v) is 11.0. The number of nitrogens with zero attached hydrogens (tertiary/aromatic N) is 1. The largest absolute Gasteiger partial charge is 0.495 e. The van der Waals surface area contributed by atoms with Crippen molar-refractivity contribution in [2.45, 2.75) is 90.1 Å². The molecule has 31 heavy (non-hydrogen) atoms. The molecular weight excluding hydrogens is 393 g/mol. The quantitative estimate of drug-likeness (QED) is 0.675. The third-order valence-electron chi connectivity index (χ3n) is 6.73. The molecule has 6 nitrogen and oxygen atoms in total. The molecule has 1 unspecified atom stereocenters. The van der Waals surface area contributed by atoms with Crippen LogP contribution in [0.4, 0.5) is 4.79 Å². The Labute approximate surface area is 186 Å². The van der Waals surface area contributed by atoms with Gasteiger partial charge in [0.25, 0.3) is 0 Å². The van der Waals surface area contributed by atoms with Gasteiger partial charge in [-0.05, 0) is 83.8 Å². The first-order chi connectivity index (χ1) is 14.4. The van der Waals surface area contributed by atoms with E-state index >= 15 is 0 Å². The molecule has 0 spiro atoms. The summed E-state index contributed by atoms with van der Waals surface area (Å²) in [5.74, 6) is 0.626. The van der Waals surface area contributed by atoms with E-state index in [2.05, 4.69) is 45.9 Å². The van der Waals surface area contributed by atoms with Gasteiger partial charge in [-0.3, -0.25) is 0 Å².